The molecule has 1 nitrogen and oxygen atoms in total. The fourth-order valence-corrected chi connectivity index (χ4v) is 3.10. The van der Waals surface area contributed by atoms with Crippen molar-refractivity contribution in [2.24, 2.45) is 11.8 Å². The summed E-state index contributed by atoms with van der Waals surface area (Å²) in [5, 5.41) is 0. The summed E-state index contributed by atoms with van der Waals surface area (Å²) in [6.07, 6.45) is -2.02. The Labute approximate surface area is 155 Å². The van der Waals surface area contributed by atoms with Gasteiger partial charge in [0.25, 0.3) is 0 Å². The quantitative estimate of drug-likeness (QED) is 0.297. The molecule has 0 amide bonds. The molecule has 2 unspecified atom stereocenters. The van der Waals surface area contributed by atoms with Crippen LogP contribution >= 0.6 is 0 Å². The van der Waals surface area contributed by atoms with Gasteiger partial charge in [-0.3, -0.25) is 0 Å². The number of nitrogens with zero attached hydrogens (tertiary/aromatic N) is 1. The van der Waals surface area contributed by atoms with Crippen molar-refractivity contribution in [2.75, 3.05) is 11.4 Å². The molecule has 0 aromatic heterocycles. The van der Waals surface area contributed by atoms with Gasteiger partial charge in [-0.25, -0.2) is 8.78 Å². The third-order valence-corrected chi connectivity index (χ3v) is 4.74. The number of hydrogen-bond acceptors (Lipinski definition) is 1. The maximum atomic E-state index is 14.1. The van der Waals surface area contributed by atoms with E-state index in [0.29, 0.717) is 24.8 Å². The molecule has 0 saturated carbocycles. The molecule has 156 valence electrons. The second-order valence-electron chi connectivity index (χ2n) is 6.97. The minimum atomic E-state index is -5.92. The average Bonchev–Trinajstić information content (AvgIpc) is 2.58. The Morgan fingerprint density at radius 3 is 2.11 bits per heavy atom. The van der Waals surface area contributed by atoms with Crippen LogP contribution in [0.3, 0.4) is 0 Å². The minimum absolute atomic E-state index is 0.361. The van der Waals surface area contributed by atoms with E-state index < -0.39 is 42.0 Å². The second-order valence-corrected chi connectivity index (χ2v) is 6.97. The van der Waals surface area contributed by atoms with E-state index >= 15 is 0 Å². The summed E-state index contributed by atoms with van der Waals surface area (Å²) >= 11 is 0. The first-order valence-corrected chi connectivity index (χ1v) is 9.11. The molecule has 0 saturated heterocycles. The molecule has 1 aromatic carbocycles. The molecule has 0 aliphatic carbocycles. The van der Waals surface area contributed by atoms with E-state index in [1.807, 2.05) is 13.8 Å². The lowest BCUT2D eigenvalue weighted by molar-refractivity contribution is -0.282. The van der Waals surface area contributed by atoms with Gasteiger partial charge in [0.15, 0.2) is 11.6 Å². The van der Waals surface area contributed by atoms with E-state index in [2.05, 4.69) is 0 Å². The third-order valence-electron chi connectivity index (χ3n) is 4.74. The van der Waals surface area contributed by atoms with Gasteiger partial charge in [-0.1, -0.05) is 52.5 Å². The van der Waals surface area contributed by atoms with Gasteiger partial charge in [0.2, 0.25) is 0 Å². The Balaban J connectivity index is 3.08. The van der Waals surface area contributed by atoms with E-state index in [1.165, 1.54) is 6.92 Å². The standard InChI is InChI=1S/C19H26F7N/c1-4-7-14(5-2)11-10-13(3)12-27(19(25,26)18(22,23)24)16-9-6-8-15(20)17(16)21/h6,8-9,13-14H,4-5,7,10-12H2,1-3H3. The zero-order valence-corrected chi connectivity index (χ0v) is 15.7. The first kappa shape index (κ1) is 23.6. The maximum Gasteiger partial charge on any atom is 0.475 e. The van der Waals surface area contributed by atoms with Crippen molar-refractivity contribution in [3.05, 3.63) is 29.8 Å². The lowest BCUT2D eigenvalue weighted by atomic mass is 9.91. The maximum absolute atomic E-state index is 14.1. The van der Waals surface area contributed by atoms with Gasteiger partial charge >= 0.3 is 12.2 Å². The van der Waals surface area contributed by atoms with Gasteiger partial charge in [0.1, 0.15) is 0 Å². The molecule has 0 fully saturated rings. The molecule has 0 bridgehead atoms. The van der Waals surface area contributed by atoms with Gasteiger partial charge in [0.05, 0.1) is 5.69 Å². The Bertz CT molecular complexity index is 586. The van der Waals surface area contributed by atoms with Crippen molar-refractivity contribution in [3.63, 3.8) is 0 Å². The van der Waals surface area contributed by atoms with Crippen LogP contribution in [-0.2, 0) is 0 Å². The van der Waals surface area contributed by atoms with Crippen molar-refractivity contribution in [1.29, 1.82) is 0 Å². The number of benzene rings is 1. The zero-order chi connectivity index (χ0) is 20.8. The highest BCUT2D eigenvalue weighted by molar-refractivity contribution is 5.50. The van der Waals surface area contributed by atoms with Gasteiger partial charge in [-0.05, 0) is 30.4 Å². The highest BCUT2D eigenvalue weighted by atomic mass is 19.4. The average molecular weight is 401 g/mol. The van der Waals surface area contributed by atoms with Gasteiger partial charge in [-0.2, -0.15) is 22.0 Å². The molecule has 0 spiro atoms. The Morgan fingerprint density at radius 1 is 0.963 bits per heavy atom. The van der Waals surface area contributed by atoms with Crippen LogP contribution in [-0.4, -0.2) is 18.8 Å². The van der Waals surface area contributed by atoms with Gasteiger partial charge < -0.3 is 4.90 Å². The van der Waals surface area contributed by atoms with E-state index in [9.17, 15) is 30.7 Å². The SMILES string of the molecule is CCCC(CC)CCC(C)CN(c1cccc(F)c1F)C(F)(F)C(F)(F)F. The highest BCUT2D eigenvalue weighted by Gasteiger charge is 2.62. The van der Waals surface area contributed by atoms with Crippen molar-refractivity contribution >= 4 is 5.69 Å². The molecule has 2 atom stereocenters. The first-order valence-electron chi connectivity index (χ1n) is 9.11. The van der Waals surface area contributed by atoms with Crippen LogP contribution in [0.15, 0.2) is 18.2 Å². The fourth-order valence-electron chi connectivity index (χ4n) is 3.10. The normalized spacial score (nSPS) is 14.9. The lowest BCUT2D eigenvalue weighted by Gasteiger charge is -2.36. The summed E-state index contributed by atoms with van der Waals surface area (Å²) in [6, 6.07) is -3.00. The van der Waals surface area contributed by atoms with Crippen molar-refractivity contribution < 1.29 is 30.7 Å². The molecule has 0 radical (unpaired) electrons. The molecule has 0 N–H and O–H groups in total. The van der Waals surface area contributed by atoms with Crippen LogP contribution < -0.4 is 4.90 Å². The van der Waals surface area contributed by atoms with Crippen LogP contribution in [0.2, 0.25) is 0 Å². The van der Waals surface area contributed by atoms with Crippen LogP contribution in [0, 0.1) is 23.5 Å². The van der Waals surface area contributed by atoms with Crippen LogP contribution in [0.4, 0.5) is 36.4 Å². The van der Waals surface area contributed by atoms with Crippen LogP contribution in [0.1, 0.15) is 52.9 Å². The molecule has 0 aliphatic heterocycles. The van der Waals surface area contributed by atoms with Gasteiger partial charge in [-0.15, -0.1) is 0 Å². The van der Waals surface area contributed by atoms with E-state index in [4.69, 9.17) is 0 Å². The van der Waals surface area contributed by atoms with Gasteiger partial charge in [0, 0.05) is 6.54 Å². The highest BCUT2D eigenvalue weighted by Crippen LogP contribution is 2.42. The largest absolute Gasteiger partial charge is 0.475 e. The number of rotatable bonds is 10. The molecular formula is C19H26F7N. The molecule has 27 heavy (non-hydrogen) atoms. The minimum Gasteiger partial charge on any atom is -0.302 e. The molecule has 8 heteroatoms. The predicted octanol–water partition coefficient (Wildman–Crippen LogP) is 7.17. The number of halogens is 7. The predicted molar refractivity (Wildman–Crippen MR) is 91.8 cm³/mol. The number of hydrogen-bond donors (Lipinski definition) is 0. The Hall–Kier alpha value is -1.47. The Kier molecular flexibility index (Phi) is 8.42. The van der Waals surface area contributed by atoms with Crippen molar-refractivity contribution in [2.45, 2.75) is 65.1 Å². The molecule has 0 heterocycles. The topological polar surface area (TPSA) is 3.24 Å². The van der Waals surface area contributed by atoms with Crippen LogP contribution in [0.25, 0.3) is 0 Å². The summed E-state index contributed by atoms with van der Waals surface area (Å²) in [5.74, 6) is -3.39. The van der Waals surface area contributed by atoms with Crippen molar-refractivity contribution in [3.8, 4) is 0 Å². The molecule has 1 aromatic rings. The number of alkyl halides is 5. The van der Waals surface area contributed by atoms with E-state index in [1.54, 1.807) is 0 Å². The summed E-state index contributed by atoms with van der Waals surface area (Å²) in [5.41, 5.74) is -1.09. The second kappa shape index (κ2) is 9.64. The Morgan fingerprint density at radius 2 is 1.59 bits per heavy atom. The zero-order valence-electron chi connectivity index (χ0n) is 15.7. The monoisotopic (exact) mass is 401 g/mol. The number of anilines is 1. The summed E-state index contributed by atoms with van der Waals surface area (Å²) in [7, 11) is 0. The third kappa shape index (κ3) is 6.01. The van der Waals surface area contributed by atoms with E-state index in [-0.39, 0.29) is 4.90 Å². The molecule has 0 aliphatic rings. The summed E-state index contributed by atoms with van der Waals surface area (Å²) in [6.45, 7) is 4.81. The summed E-state index contributed by atoms with van der Waals surface area (Å²) in [4.78, 5) is -0.364. The summed E-state index contributed by atoms with van der Waals surface area (Å²) < 4.78 is 94.2. The smallest absolute Gasteiger partial charge is 0.302 e. The van der Waals surface area contributed by atoms with Crippen molar-refractivity contribution in [1.82, 2.24) is 0 Å². The van der Waals surface area contributed by atoms with E-state index in [0.717, 1.165) is 31.4 Å². The first-order chi connectivity index (χ1) is 12.5. The molecular weight excluding hydrogens is 375 g/mol. The lowest BCUT2D eigenvalue weighted by Crippen LogP contribution is -2.54. The fraction of sp³-hybridized carbons (Fsp3) is 0.684. The molecule has 1 rings (SSSR count). The van der Waals surface area contributed by atoms with Crippen LogP contribution in [0.5, 0.6) is 0 Å².